The van der Waals surface area contributed by atoms with E-state index in [9.17, 15) is 4.79 Å². The second-order valence-electron chi connectivity index (χ2n) is 3.95. The maximum atomic E-state index is 10.4. The number of rotatable bonds is 11. The number of thioether (sulfide) groups is 1. The highest BCUT2D eigenvalue weighted by molar-refractivity contribution is 7.99. The second-order valence-corrected chi connectivity index (χ2v) is 5.17. The first kappa shape index (κ1) is 14.8. The van der Waals surface area contributed by atoms with Crippen LogP contribution in [-0.4, -0.2) is 17.4 Å². The molecule has 2 N–H and O–H groups in total. The van der Waals surface area contributed by atoms with Crippen LogP contribution in [0.25, 0.3) is 0 Å². The summed E-state index contributed by atoms with van der Waals surface area (Å²) in [6, 6.07) is 0. The van der Waals surface area contributed by atoms with Gasteiger partial charge in [-0.1, -0.05) is 39.0 Å². The van der Waals surface area contributed by atoms with Crippen LogP contribution in [0.2, 0.25) is 0 Å². The SMILES string of the molecule is CCCCCCCCSCCCC(N)=O. The largest absolute Gasteiger partial charge is 0.370 e. The molecule has 0 aromatic heterocycles. The van der Waals surface area contributed by atoms with Crippen molar-refractivity contribution in [1.29, 1.82) is 0 Å². The lowest BCUT2D eigenvalue weighted by molar-refractivity contribution is -0.118. The van der Waals surface area contributed by atoms with E-state index >= 15 is 0 Å². The highest BCUT2D eigenvalue weighted by Crippen LogP contribution is 2.10. The van der Waals surface area contributed by atoms with E-state index in [0.717, 1.165) is 12.2 Å². The standard InChI is InChI=1S/C12H25NOS/c1-2-3-4-5-6-7-10-15-11-8-9-12(13)14/h2-11H2,1H3,(H2,13,14). The molecule has 0 heterocycles. The minimum Gasteiger partial charge on any atom is -0.370 e. The van der Waals surface area contributed by atoms with Crippen molar-refractivity contribution in [3.05, 3.63) is 0 Å². The molecule has 0 unspecified atom stereocenters. The molecule has 0 bridgehead atoms. The summed E-state index contributed by atoms with van der Waals surface area (Å²) in [6.07, 6.45) is 9.65. The van der Waals surface area contributed by atoms with Crippen molar-refractivity contribution in [2.24, 2.45) is 5.73 Å². The summed E-state index contributed by atoms with van der Waals surface area (Å²) in [7, 11) is 0. The number of carbonyl (C=O) groups is 1. The number of unbranched alkanes of at least 4 members (excludes halogenated alkanes) is 5. The zero-order chi connectivity index (χ0) is 11.4. The third kappa shape index (κ3) is 13.8. The first-order valence-corrected chi connectivity index (χ1v) is 7.29. The normalized spacial score (nSPS) is 10.5. The van der Waals surface area contributed by atoms with Gasteiger partial charge in [-0.3, -0.25) is 4.79 Å². The second kappa shape index (κ2) is 11.9. The third-order valence-corrected chi connectivity index (χ3v) is 3.51. The summed E-state index contributed by atoms with van der Waals surface area (Å²) >= 11 is 1.95. The van der Waals surface area contributed by atoms with Gasteiger partial charge in [0.1, 0.15) is 0 Å². The lowest BCUT2D eigenvalue weighted by Crippen LogP contribution is -2.10. The van der Waals surface area contributed by atoms with Crippen molar-refractivity contribution in [2.75, 3.05) is 11.5 Å². The van der Waals surface area contributed by atoms with E-state index in [1.165, 1.54) is 44.3 Å². The van der Waals surface area contributed by atoms with E-state index in [1.54, 1.807) is 0 Å². The molecule has 0 rings (SSSR count). The highest BCUT2D eigenvalue weighted by atomic mass is 32.2. The van der Waals surface area contributed by atoms with Gasteiger partial charge in [-0.25, -0.2) is 0 Å². The van der Waals surface area contributed by atoms with Crippen LogP contribution in [0.4, 0.5) is 0 Å². The Kier molecular flexibility index (Phi) is 11.7. The summed E-state index contributed by atoms with van der Waals surface area (Å²) in [5.74, 6) is 2.15. The van der Waals surface area contributed by atoms with Gasteiger partial charge in [0.2, 0.25) is 5.91 Å². The van der Waals surface area contributed by atoms with Crippen molar-refractivity contribution in [1.82, 2.24) is 0 Å². The van der Waals surface area contributed by atoms with E-state index in [0.29, 0.717) is 6.42 Å². The Morgan fingerprint density at radius 1 is 1.00 bits per heavy atom. The Labute approximate surface area is 98.4 Å². The van der Waals surface area contributed by atoms with Crippen LogP contribution in [0.1, 0.15) is 58.3 Å². The van der Waals surface area contributed by atoms with Crippen molar-refractivity contribution in [3.8, 4) is 0 Å². The Hall–Kier alpha value is -0.180. The van der Waals surface area contributed by atoms with Gasteiger partial charge in [0.25, 0.3) is 0 Å². The van der Waals surface area contributed by atoms with Crippen molar-refractivity contribution in [3.63, 3.8) is 0 Å². The Morgan fingerprint density at radius 2 is 1.60 bits per heavy atom. The highest BCUT2D eigenvalue weighted by Gasteiger charge is 1.95. The van der Waals surface area contributed by atoms with E-state index in [4.69, 9.17) is 5.73 Å². The van der Waals surface area contributed by atoms with Gasteiger partial charge in [0.05, 0.1) is 0 Å². The molecule has 3 heteroatoms. The number of nitrogens with two attached hydrogens (primary N) is 1. The van der Waals surface area contributed by atoms with Crippen LogP contribution < -0.4 is 5.73 Å². The van der Waals surface area contributed by atoms with E-state index in [1.807, 2.05) is 11.8 Å². The predicted octanol–water partition coefficient (Wildman–Crippen LogP) is 3.35. The zero-order valence-electron chi connectivity index (χ0n) is 9.96. The lowest BCUT2D eigenvalue weighted by atomic mass is 10.1. The van der Waals surface area contributed by atoms with Gasteiger partial charge in [-0.2, -0.15) is 11.8 Å². The fourth-order valence-corrected chi connectivity index (χ4v) is 2.40. The molecule has 0 aromatic carbocycles. The summed E-state index contributed by atoms with van der Waals surface area (Å²) in [4.78, 5) is 10.4. The van der Waals surface area contributed by atoms with Crippen LogP contribution in [0.15, 0.2) is 0 Å². The van der Waals surface area contributed by atoms with Gasteiger partial charge in [0.15, 0.2) is 0 Å². The Balaban J connectivity index is 2.89. The molecule has 15 heavy (non-hydrogen) atoms. The predicted molar refractivity (Wildman–Crippen MR) is 69.1 cm³/mol. The summed E-state index contributed by atoms with van der Waals surface area (Å²) in [6.45, 7) is 2.24. The van der Waals surface area contributed by atoms with Gasteiger partial charge in [-0.15, -0.1) is 0 Å². The summed E-state index contributed by atoms with van der Waals surface area (Å²) in [5.41, 5.74) is 5.05. The number of primary amides is 1. The molecule has 0 aliphatic heterocycles. The molecule has 2 nitrogen and oxygen atoms in total. The monoisotopic (exact) mass is 231 g/mol. The van der Waals surface area contributed by atoms with Crippen LogP contribution in [0.5, 0.6) is 0 Å². The molecular formula is C12H25NOS. The first-order valence-electron chi connectivity index (χ1n) is 6.13. The van der Waals surface area contributed by atoms with Gasteiger partial charge < -0.3 is 5.73 Å². The number of carbonyl (C=O) groups excluding carboxylic acids is 1. The Bertz CT molecular complexity index is 151. The third-order valence-electron chi connectivity index (χ3n) is 2.35. The maximum Gasteiger partial charge on any atom is 0.217 e. The summed E-state index contributed by atoms with van der Waals surface area (Å²) < 4.78 is 0. The van der Waals surface area contributed by atoms with Gasteiger partial charge >= 0.3 is 0 Å². The maximum absolute atomic E-state index is 10.4. The number of amides is 1. The van der Waals surface area contributed by atoms with Crippen molar-refractivity contribution < 1.29 is 4.79 Å². The van der Waals surface area contributed by atoms with Crippen LogP contribution in [0, 0.1) is 0 Å². The topological polar surface area (TPSA) is 43.1 Å². The smallest absolute Gasteiger partial charge is 0.217 e. The molecule has 90 valence electrons. The van der Waals surface area contributed by atoms with Crippen LogP contribution in [-0.2, 0) is 4.79 Å². The van der Waals surface area contributed by atoms with E-state index in [2.05, 4.69) is 6.92 Å². The Morgan fingerprint density at radius 3 is 2.27 bits per heavy atom. The molecular weight excluding hydrogens is 206 g/mol. The number of hydrogen-bond acceptors (Lipinski definition) is 2. The summed E-state index contributed by atoms with van der Waals surface area (Å²) in [5, 5.41) is 0. The van der Waals surface area contributed by atoms with Gasteiger partial charge in [0, 0.05) is 6.42 Å². The molecule has 0 saturated carbocycles. The number of hydrogen-bond donors (Lipinski definition) is 1. The average molecular weight is 231 g/mol. The zero-order valence-corrected chi connectivity index (χ0v) is 10.8. The molecule has 0 aliphatic carbocycles. The molecule has 0 aromatic rings. The van der Waals surface area contributed by atoms with Crippen molar-refractivity contribution in [2.45, 2.75) is 58.3 Å². The van der Waals surface area contributed by atoms with Gasteiger partial charge in [-0.05, 0) is 24.3 Å². The van der Waals surface area contributed by atoms with E-state index in [-0.39, 0.29) is 5.91 Å². The molecule has 0 aliphatic rings. The molecule has 0 spiro atoms. The van der Waals surface area contributed by atoms with Crippen LogP contribution in [0.3, 0.4) is 0 Å². The molecule has 0 atom stereocenters. The van der Waals surface area contributed by atoms with Crippen LogP contribution >= 0.6 is 11.8 Å². The minimum atomic E-state index is -0.171. The molecule has 0 radical (unpaired) electrons. The molecule has 1 amide bonds. The minimum absolute atomic E-state index is 0.171. The first-order chi connectivity index (χ1) is 7.27. The van der Waals surface area contributed by atoms with E-state index < -0.39 is 0 Å². The quantitative estimate of drug-likeness (QED) is 0.554. The fraction of sp³-hybridized carbons (Fsp3) is 0.917. The average Bonchev–Trinajstić information content (AvgIpc) is 2.20. The molecule has 0 saturated heterocycles. The lowest BCUT2D eigenvalue weighted by Gasteiger charge is -2.01. The fourth-order valence-electron chi connectivity index (χ4n) is 1.43. The van der Waals surface area contributed by atoms with Crippen molar-refractivity contribution >= 4 is 17.7 Å². The molecule has 0 fully saturated rings.